The zero-order valence-corrected chi connectivity index (χ0v) is 14.7. The molecule has 0 fully saturated rings. The van der Waals surface area contributed by atoms with Crippen LogP contribution in [0.5, 0.6) is 0 Å². The molecule has 0 aromatic carbocycles. The second-order valence-electron chi connectivity index (χ2n) is 6.63. The summed E-state index contributed by atoms with van der Waals surface area (Å²) in [7, 11) is -1.34. The second kappa shape index (κ2) is 8.40. The van der Waals surface area contributed by atoms with Crippen molar-refractivity contribution in [1.82, 2.24) is 0 Å². The molecule has 0 aliphatic heterocycles. The van der Waals surface area contributed by atoms with Crippen LogP contribution in [0.15, 0.2) is 23.3 Å². The molecule has 0 spiro atoms. The summed E-state index contributed by atoms with van der Waals surface area (Å²) in [6.07, 6.45) is 5.80. The van der Waals surface area contributed by atoms with E-state index in [1.807, 2.05) is 13.0 Å². The monoisotopic (exact) mass is 278 g/mol. The van der Waals surface area contributed by atoms with Gasteiger partial charge in [-0.25, -0.2) is 0 Å². The van der Waals surface area contributed by atoms with E-state index in [9.17, 15) is 5.11 Å². The van der Waals surface area contributed by atoms with E-state index in [1.165, 1.54) is 11.1 Å². The van der Waals surface area contributed by atoms with Crippen molar-refractivity contribution in [2.24, 2.45) is 5.92 Å². The minimum absolute atomic E-state index is 0.0186. The van der Waals surface area contributed by atoms with E-state index in [0.29, 0.717) is 0 Å². The highest BCUT2D eigenvalue weighted by Gasteiger charge is 2.12. The van der Waals surface area contributed by atoms with Crippen LogP contribution in [-0.2, 0) is 0 Å². The Morgan fingerprint density at radius 3 is 2.26 bits per heavy atom. The zero-order chi connectivity index (χ0) is 15.1. The third kappa shape index (κ3) is 10.8. The molecule has 0 unspecified atom stereocenters. The summed E-state index contributed by atoms with van der Waals surface area (Å²) in [5, 5.41) is 10.1. The van der Waals surface area contributed by atoms with E-state index < -0.39 is 14.2 Å². The molecule has 0 aromatic rings. The molecule has 0 amide bonds. The lowest BCUT2D eigenvalue weighted by Gasteiger charge is -2.12. The van der Waals surface area contributed by atoms with E-state index in [0.717, 1.165) is 12.8 Å². The summed E-state index contributed by atoms with van der Waals surface area (Å²) in [6.45, 7) is 15.0. The number of hydrogen-bond acceptors (Lipinski definition) is 1. The highest BCUT2D eigenvalue weighted by molar-refractivity contribution is 6.83. The first-order valence-electron chi connectivity index (χ1n) is 7.13. The van der Waals surface area contributed by atoms with Crippen LogP contribution in [0.4, 0.5) is 0 Å². The fourth-order valence-electron chi connectivity index (χ4n) is 1.52. The molecule has 108 valence electrons. The predicted molar refractivity (Wildman–Crippen MR) is 88.7 cm³/mol. The lowest BCUT2D eigenvalue weighted by Crippen LogP contribution is -2.19. The maximum atomic E-state index is 10.1. The molecule has 0 rings (SSSR count). The van der Waals surface area contributed by atoms with Gasteiger partial charge in [-0.2, -0.15) is 0 Å². The molecule has 2 heteroatoms. The van der Waals surface area contributed by atoms with E-state index in [4.69, 9.17) is 0 Å². The highest BCUT2D eigenvalue weighted by Crippen LogP contribution is 2.12. The summed E-state index contributed by atoms with van der Waals surface area (Å²) >= 11 is 0. The van der Waals surface area contributed by atoms with E-state index in [-0.39, 0.29) is 5.92 Å². The number of hydrogen-bond donors (Lipinski definition) is 1. The molecule has 0 aliphatic rings. The SMILES string of the molecule is CC(C)=CCC/C(C)=C/[C@H](O)[C@H](C)C#C[Si](C)(C)C. The maximum Gasteiger partial charge on any atom is 0.129 e. The lowest BCUT2D eigenvalue weighted by molar-refractivity contribution is 0.188. The number of rotatable bonds is 5. The van der Waals surface area contributed by atoms with Gasteiger partial charge in [-0.15, -0.1) is 11.5 Å². The largest absolute Gasteiger partial charge is 0.388 e. The quantitative estimate of drug-likeness (QED) is 0.444. The average Bonchev–Trinajstić information content (AvgIpc) is 2.24. The van der Waals surface area contributed by atoms with Gasteiger partial charge in [0.1, 0.15) is 8.07 Å². The van der Waals surface area contributed by atoms with E-state index in [2.05, 4.69) is 58.0 Å². The van der Waals surface area contributed by atoms with Crippen LogP contribution in [0.25, 0.3) is 0 Å². The van der Waals surface area contributed by atoms with Crippen LogP contribution in [0.2, 0.25) is 19.6 Å². The molecule has 0 bridgehead atoms. The summed E-state index contributed by atoms with van der Waals surface area (Å²) < 4.78 is 0. The lowest BCUT2D eigenvalue weighted by atomic mass is 10.0. The minimum Gasteiger partial charge on any atom is -0.388 e. The Bertz CT molecular complexity index is 384. The summed E-state index contributed by atoms with van der Waals surface area (Å²) in [5.74, 6) is 3.23. The molecule has 2 atom stereocenters. The molecule has 0 aromatic heterocycles. The standard InChI is InChI=1S/C17H30OSi/c1-14(2)9-8-10-15(3)13-17(18)16(4)11-12-19(5,6)7/h9,13,16-18H,8,10H2,1-7H3/b15-13+/t16-,17+/m1/s1. The Balaban J connectivity index is 4.44. The topological polar surface area (TPSA) is 20.2 Å². The van der Waals surface area contributed by atoms with Crippen molar-refractivity contribution in [3.63, 3.8) is 0 Å². The van der Waals surface area contributed by atoms with Crippen LogP contribution in [-0.4, -0.2) is 19.3 Å². The van der Waals surface area contributed by atoms with Gasteiger partial charge >= 0.3 is 0 Å². The van der Waals surface area contributed by atoms with Gasteiger partial charge in [0.15, 0.2) is 0 Å². The summed E-state index contributed by atoms with van der Waals surface area (Å²) in [6, 6.07) is 0. The summed E-state index contributed by atoms with van der Waals surface area (Å²) in [5.41, 5.74) is 5.92. The molecule has 1 nitrogen and oxygen atoms in total. The maximum absolute atomic E-state index is 10.1. The first-order chi connectivity index (χ1) is 8.61. The molecule has 0 aliphatic carbocycles. The molecular formula is C17H30OSi. The number of aliphatic hydroxyl groups excluding tert-OH is 1. The van der Waals surface area contributed by atoms with Gasteiger partial charge in [0.05, 0.1) is 6.10 Å². The summed E-state index contributed by atoms with van der Waals surface area (Å²) in [4.78, 5) is 0. The fourth-order valence-corrected chi connectivity index (χ4v) is 2.18. The molecule has 0 saturated heterocycles. The van der Waals surface area contributed by atoms with Gasteiger partial charge in [-0.1, -0.05) is 42.9 Å². The number of aliphatic hydroxyl groups is 1. The van der Waals surface area contributed by atoms with Crippen molar-refractivity contribution in [1.29, 1.82) is 0 Å². The van der Waals surface area contributed by atoms with Crippen molar-refractivity contribution in [3.8, 4) is 11.5 Å². The Hall–Kier alpha value is -0.783. The molecule has 0 heterocycles. The zero-order valence-electron chi connectivity index (χ0n) is 13.7. The van der Waals surface area contributed by atoms with Crippen LogP contribution in [0.3, 0.4) is 0 Å². The average molecular weight is 279 g/mol. The first-order valence-corrected chi connectivity index (χ1v) is 10.6. The van der Waals surface area contributed by atoms with Crippen LogP contribution in [0.1, 0.15) is 40.5 Å². The van der Waals surface area contributed by atoms with Crippen molar-refractivity contribution in [2.45, 2.75) is 66.3 Å². The molecule has 19 heavy (non-hydrogen) atoms. The second-order valence-corrected chi connectivity index (χ2v) is 11.4. The van der Waals surface area contributed by atoms with Gasteiger partial charge in [-0.05, 0) is 40.5 Å². The van der Waals surface area contributed by atoms with Crippen molar-refractivity contribution in [2.75, 3.05) is 0 Å². The number of allylic oxidation sites excluding steroid dienone is 3. The van der Waals surface area contributed by atoms with Crippen LogP contribution >= 0.6 is 0 Å². The molecule has 0 saturated carbocycles. The van der Waals surface area contributed by atoms with E-state index in [1.54, 1.807) is 0 Å². The molecular weight excluding hydrogens is 248 g/mol. The minimum atomic E-state index is -1.34. The van der Waals surface area contributed by atoms with Crippen LogP contribution < -0.4 is 0 Å². The van der Waals surface area contributed by atoms with Crippen LogP contribution in [0, 0.1) is 17.4 Å². The van der Waals surface area contributed by atoms with E-state index >= 15 is 0 Å². The Kier molecular flexibility index (Phi) is 8.05. The Morgan fingerprint density at radius 1 is 1.21 bits per heavy atom. The third-order valence-electron chi connectivity index (χ3n) is 2.73. The van der Waals surface area contributed by atoms with Gasteiger partial charge < -0.3 is 5.11 Å². The smallest absolute Gasteiger partial charge is 0.129 e. The Morgan fingerprint density at radius 2 is 1.79 bits per heavy atom. The first kappa shape index (κ1) is 18.2. The van der Waals surface area contributed by atoms with Gasteiger partial charge in [0.25, 0.3) is 0 Å². The Labute approximate surface area is 120 Å². The normalized spacial score (nSPS) is 15.3. The molecule has 1 N–H and O–H groups in total. The predicted octanol–water partition coefficient (Wildman–Crippen LogP) is 4.56. The van der Waals surface area contributed by atoms with Gasteiger partial charge in [0.2, 0.25) is 0 Å². The van der Waals surface area contributed by atoms with Gasteiger partial charge in [-0.3, -0.25) is 0 Å². The van der Waals surface area contributed by atoms with Crippen molar-refractivity contribution in [3.05, 3.63) is 23.3 Å². The highest BCUT2D eigenvalue weighted by atomic mass is 28.3. The third-order valence-corrected chi connectivity index (χ3v) is 3.63. The van der Waals surface area contributed by atoms with Crippen molar-refractivity contribution < 1.29 is 5.11 Å². The fraction of sp³-hybridized carbons (Fsp3) is 0.647. The van der Waals surface area contributed by atoms with Crippen molar-refractivity contribution >= 4 is 8.07 Å². The molecule has 0 radical (unpaired) electrons. The van der Waals surface area contributed by atoms with Gasteiger partial charge in [0, 0.05) is 5.92 Å².